The van der Waals surface area contributed by atoms with Crippen LogP contribution in [0.5, 0.6) is 0 Å². The molecule has 1 nitrogen and oxygen atoms in total. The van der Waals surface area contributed by atoms with Gasteiger partial charge in [0.1, 0.15) is 5.76 Å². The lowest BCUT2D eigenvalue weighted by Gasteiger charge is -1.94. The summed E-state index contributed by atoms with van der Waals surface area (Å²) in [5.74, 6) is 1.01. The maximum absolute atomic E-state index is 5.31. The van der Waals surface area contributed by atoms with Gasteiger partial charge in [-0.2, -0.15) is 0 Å². The fourth-order valence-corrected chi connectivity index (χ4v) is 0.906. The van der Waals surface area contributed by atoms with E-state index in [1.807, 2.05) is 12.2 Å². The molecule has 0 fully saturated rings. The highest BCUT2D eigenvalue weighted by Crippen LogP contribution is 2.18. The molecule has 0 aromatic carbocycles. The van der Waals surface area contributed by atoms with Crippen molar-refractivity contribution < 1.29 is 4.74 Å². The van der Waals surface area contributed by atoms with Crippen LogP contribution in [-0.2, 0) is 4.74 Å². The van der Waals surface area contributed by atoms with E-state index in [-0.39, 0.29) is 0 Å². The second kappa shape index (κ2) is 3.25. The second-order valence-corrected chi connectivity index (χ2v) is 2.34. The third-order valence-electron chi connectivity index (χ3n) is 1.54. The van der Waals surface area contributed by atoms with Gasteiger partial charge < -0.3 is 4.74 Å². The zero-order valence-electron chi connectivity index (χ0n) is 6.26. The molecule has 1 aliphatic rings. The van der Waals surface area contributed by atoms with E-state index in [0.717, 1.165) is 18.8 Å². The van der Waals surface area contributed by atoms with Gasteiger partial charge in [0, 0.05) is 6.42 Å². The number of hydrogen-bond donors (Lipinski definition) is 0. The Morgan fingerprint density at radius 1 is 1.60 bits per heavy atom. The predicted molar refractivity (Wildman–Crippen MR) is 42.6 cm³/mol. The first-order valence-corrected chi connectivity index (χ1v) is 3.46. The van der Waals surface area contributed by atoms with E-state index in [2.05, 4.69) is 13.5 Å². The third kappa shape index (κ3) is 1.50. The minimum Gasteiger partial charge on any atom is -0.493 e. The second-order valence-electron chi connectivity index (χ2n) is 2.34. The minimum atomic E-state index is 0.836. The summed E-state index contributed by atoms with van der Waals surface area (Å²) in [7, 11) is 0. The Labute approximate surface area is 61.7 Å². The Hall–Kier alpha value is -0.980. The summed E-state index contributed by atoms with van der Waals surface area (Å²) in [6, 6.07) is 0. The summed E-state index contributed by atoms with van der Waals surface area (Å²) >= 11 is 0. The fraction of sp³-hybridized carbons (Fsp3) is 0.333. The van der Waals surface area contributed by atoms with Crippen molar-refractivity contribution in [2.45, 2.75) is 13.3 Å². The van der Waals surface area contributed by atoms with Crippen LogP contribution in [0.15, 0.2) is 36.1 Å². The van der Waals surface area contributed by atoms with Crippen LogP contribution < -0.4 is 0 Å². The summed E-state index contributed by atoms with van der Waals surface area (Å²) < 4.78 is 5.31. The Kier molecular flexibility index (Phi) is 2.32. The molecule has 1 heteroatoms. The van der Waals surface area contributed by atoms with E-state index in [0.29, 0.717) is 0 Å². The number of ether oxygens (including phenoxy) is 1. The molecule has 1 rings (SSSR count). The van der Waals surface area contributed by atoms with Crippen molar-refractivity contribution in [2.24, 2.45) is 0 Å². The van der Waals surface area contributed by atoms with Gasteiger partial charge in [-0.3, -0.25) is 0 Å². The lowest BCUT2D eigenvalue weighted by atomic mass is 10.2. The standard InChI is InChI=1S/C9H12O/c1-3-4-5-9-8(2)6-7-10-9/h3-5H,1,6-7H2,2H3/b5-4-. The van der Waals surface area contributed by atoms with Crippen molar-refractivity contribution >= 4 is 0 Å². The molecule has 0 aromatic rings. The first-order chi connectivity index (χ1) is 4.84. The van der Waals surface area contributed by atoms with Crippen LogP contribution in [-0.4, -0.2) is 6.61 Å². The van der Waals surface area contributed by atoms with E-state index in [9.17, 15) is 0 Å². The van der Waals surface area contributed by atoms with Crippen molar-refractivity contribution in [3.63, 3.8) is 0 Å². The SMILES string of the molecule is C=C/C=C\C1=C(C)CCO1. The van der Waals surface area contributed by atoms with Crippen LogP contribution in [0, 0.1) is 0 Å². The van der Waals surface area contributed by atoms with Gasteiger partial charge in [-0.05, 0) is 18.6 Å². The van der Waals surface area contributed by atoms with Gasteiger partial charge in [-0.25, -0.2) is 0 Å². The highest BCUT2D eigenvalue weighted by molar-refractivity contribution is 5.23. The molecule has 0 N–H and O–H groups in total. The number of allylic oxidation sites excluding steroid dienone is 3. The van der Waals surface area contributed by atoms with Crippen LogP contribution in [0.1, 0.15) is 13.3 Å². The molecule has 1 heterocycles. The molecule has 0 unspecified atom stereocenters. The Morgan fingerprint density at radius 3 is 2.90 bits per heavy atom. The van der Waals surface area contributed by atoms with Crippen molar-refractivity contribution in [3.05, 3.63) is 36.1 Å². The smallest absolute Gasteiger partial charge is 0.118 e. The highest BCUT2D eigenvalue weighted by Gasteiger charge is 2.07. The normalized spacial score (nSPS) is 18.1. The Morgan fingerprint density at radius 2 is 2.40 bits per heavy atom. The molecule has 0 bridgehead atoms. The summed E-state index contributed by atoms with van der Waals surface area (Å²) in [6.07, 6.45) is 6.66. The summed E-state index contributed by atoms with van der Waals surface area (Å²) in [5, 5.41) is 0. The van der Waals surface area contributed by atoms with Gasteiger partial charge in [0.05, 0.1) is 6.61 Å². The molecule has 10 heavy (non-hydrogen) atoms. The van der Waals surface area contributed by atoms with E-state index in [4.69, 9.17) is 4.74 Å². The topological polar surface area (TPSA) is 9.23 Å². The highest BCUT2D eigenvalue weighted by atomic mass is 16.5. The van der Waals surface area contributed by atoms with Crippen LogP contribution >= 0.6 is 0 Å². The number of hydrogen-bond acceptors (Lipinski definition) is 1. The summed E-state index contributed by atoms with van der Waals surface area (Å²) in [4.78, 5) is 0. The first kappa shape index (κ1) is 7.13. The molecule has 0 aliphatic carbocycles. The van der Waals surface area contributed by atoms with Gasteiger partial charge in [0.15, 0.2) is 0 Å². The van der Waals surface area contributed by atoms with Gasteiger partial charge in [-0.1, -0.05) is 18.7 Å². The van der Waals surface area contributed by atoms with E-state index >= 15 is 0 Å². The molecule has 0 saturated carbocycles. The predicted octanol–water partition coefficient (Wildman–Crippen LogP) is 2.42. The molecule has 0 saturated heterocycles. The Balaban J connectivity index is 2.62. The van der Waals surface area contributed by atoms with E-state index in [1.165, 1.54) is 5.57 Å². The first-order valence-electron chi connectivity index (χ1n) is 3.46. The molecule has 0 aromatic heterocycles. The average Bonchev–Trinajstić information content (AvgIpc) is 2.31. The third-order valence-corrected chi connectivity index (χ3v) is 1.54. The summed E-state index contributed by atoms with van der Waals surface area (Å²) in [5.41, 5.74) is 1.33. The monoisotopic (exact) mass is 136 g/mol. The zero-order valence-corrected chi connectivity index (χ0v) is 6.26. The van der Waals surface area contributed by atoms with Crippen LogP contribution in [0.4, 0.5) is 0 Å². The molecule has 0 spiro atoms. The largest absolute Gasteiger partial charge is 0.493 e. The van der Waals surface area contributed by atoms with Crippen LogP contribution in [0.3, 0.4) is 0 Å². The molecular weight excluding hydrogens is 124 g/mol. The molecular formula is C9H12O. The molecule has 0 atom stereocenters. The van der Waals surface area contributed by atoms with Gasteiger partial charge in [0.25, 0.3) is 0 Å². The van der Waals surface area contributed by atoms with Gasteiger partial charge >= 0.3 is 0 Å². The molecule has 0 radical (unpaired) electrons. The van der Waals surface area contributed by atoms with Crippen molar-refractivity contribution in [1.29, 1.82) is 0 Å². The maximum atomic E-state index is 5.31. The maximum Gasteiger partial charge on any atom is 0.118 e. The summed E-state index contributed by atoms with van der Waals surface area (Å²) in [6.45, 7) is 6.51. The lowest BCUT2D eigenvalue weighted by Crippen LogP contribution is -1.79. The van der Waals surface area contributed by atoms with E-state index in [1.54, 1.807) is 6.08 Å². The minimum absolute atomic E-state index is 0.836. The quantitative estimate of drug-likeness (QED) is 0.530. The molecule has 54 valence electrons. The fourth-order valence-electron chi connectivity index (χ4n) is 0.906. The molecule has 0 amide bonds. The van der Waals surface area contributed by atoms with Gasteiger partial charge in [-0.15, -0.1) is 0 Å². The molecule has 1 aliphatic heterocycles. The van der Waals surface area contributed by atoms with E-state index < -0.39 is 0 Å². The lowest BCUT2D eigenvalue weighted by molar-refractivity contribution is 0.257. The zero-order chi connectivity index (χ0) is 7.40. The Bertz CT molecular complexity index is 187. The van der Waals surface area contributed by atoms with Crippen molar-refractivity contribution in [1.82, 2.24) is 0 Å². The van der Waals surface area contributed by atoms with Crippen molar-refractivity contribution in [2.75, 3.05) is 6.61 Å². The van der Waals surface area contributed by atoms with Crippen molar-refractivity contribution in [3.8, 4) is 0 Å². The average molecular weight is 136 g/mol. The van der Waals surface area contributed by atoms with Gasteiger partial charge in [0.2, 0.25) is 0 Å². The number of rotatable bonds is 2. The van der Waals surface area contributed by atoms with Crippen LogP contribution in [0.25, 0.3) is 0 Å². The van der Waals surface area contributed by atoms with Crippen LogP contribution in [0.2, 0.25) is 0 Å².